The highest BCUT2D eigenvalue weighted by atomic mass is 32.2. The van der Waals surface area contributed by atoms with E-state index >= 15 is 0 Å². The molecule has 0 aliphatic heterocycles. The number of hydrogen-bond acceptors (Lipinski definition) is 4. The minimum Gasteiger partial charge on any atom is -0.350 e. The van der Waals surface area contributed by atoms with Gasteiger partial charge in [-0.1, -0.05) is 37.3 Å². The Balaban J connectivity index is 2.22. The summed E-state index contributed by atoms with van der Waals surface area (Å²) in [5.41, 5.74) is 3.48. The fourth-order valence-corrected chi connectivity index (χ4v) is 4.00. The van der Waals surface area contributed by atoms with E-state index in [1.807, 2.05) is 14.1 Å². The number of carbonyl (C=O) groups is 1. The molecule has 0 aliphatic rings. The van der Waals surface area contributed by atoms with Crippen LogP contribution in [0.3, 0.4) is 0 Å². The molecule has 0 radical (unpaired) electrons. The predicted molar refractivity (Wildman–Crippen MR) is 117 cm³/mol. The Morgan fingerprint density at radius 2 is 1.66 bits per heavy atom. The molecular formula is C22H31N3O3S. The van der Waals surface area contributed by atoms with Crippen LogP contribution < -0.4 is 5.32 Å². The van der Waals surface area contributed by atoms with E-state index < -0.39 is 10.0 Å². The summed E-state index contributed by atoms with van der Waals surface area (Å²) in [7, 11) is 3.29. The standard InChI is InChI=1S/C22H31N3O3S/c1-7-17-9-11-18(12-10-17)21(24(3)4)15-23-22(26)20-14-19(13-8-16(20)2)29(27,28)25(5)6/h8-14,21H,7,15H2,1-6H3,(H,23,26)/t21-/m0/s1. The van der Waals surface area contributed by atoms with E-state index in [0.717, 1.165) is 21.9 Å². The number of nitrogens with one attached hydrogen (secondary N) is 1. The molecule has 158 valence electrons. The molecule has 1 N–H and O–H groups in total. The highest BCUT2D eigenvalue weighted by Crippen LogP contribution is 2.20. The van der Waals surface area contributed by atoms with Gasteiger partial charge in [0.15, 0.2) is 0 Å². The molecule has 2 aromatic carbocycles. The SMILES string of the molecule is CCc1ccc([C@H](CNC(=O)c2cc(S(=O)(=O)N(C)C)ccc2C)N(C)C)cc1. The smallest absolute Gasteiger partial charge is 0.251 e. The molecule has 2 rings (SSSR count). The maximum absolute atomic E-state index is 12.8. The number of nitrogens with zero attached hydrogens (tertiary/aromatic N) is 2. The first-order valence-corrected chi connectivity index (χ1v) is 11.1. The lowest BCUT2D eigenvalue weighted by molar-refractivity contribution is 0.0941. The fourth-order valence-electron chi connectivity index (χ4n) is 3.08. The molecule has 0 bridgehead atoms. The molecule has 0 fully saturated rings. The van der Waals surface area contributed by atoms with E-state index in [-0.39, 0.29) is 16.8 Å². The van der Waals surface area contributed by atoms with Crippen molar-refractivity contribution in [2.75, 3.05) is 34.7 Å². The Morgan fingerprint density at radius 3 is 2.17 bits per heavy atom. The van der Waals surface area contributed by atoms with Gasteiger partial charge in [0, 0.05) is 26.2 Å². The fraction of sp³-hybridized carbons (Fsp3) is 0.409. The van der Waals surface area contributed by atoms with Crippen LogP contribution in [0, 0.1) is 6.92 Å². The van der Waals surface area contributed by atoms with Crippen LogP contribution in [0.25, 0.3) is 0 Å². The minimum absolute atomic E-state index is 0.0128. The third-order valence-corrected chi connectivity index (χ3v) is 6.90. The van der Waals surface area contributed by atoms with Gasteiger partial charge in [-0.05, 0) is 56.3 Å². The maximum atomic E-state index is 12.8. The quantitative estimate of drug-likeness (QED) is 0.717. The van der Waals surface area contributed by atoms with Crippen LogP contribution in [0.2, 0.25) is 0 Å². The third-order valence-electron chi connectivity index (χ3n) is 5.08. The predicted octanol–water partition coefficient (Wildman–Crippen LogP) is 2.84. The second-order valence-electron chi connectivity index (χ2n) is 7.55. The first-order chi connectivity index (χ1) is 13.6. The number of benzene rings is 2. The van der Waals surface area contributed by atoms with Crippen LogP contribution in [-0.4, -0.2) is 58.3 Å². The summed E-state index contributed by atoms with van der Waals surface area (Å²) < 4.78 is 25.9. The van der Waals surface area contributed by atoms with Gasteiger partial charge < -0.3 is 10.2 Å². The Bertz CT molecular complexity index is 952. The van der Waals surface area contributed by atoms with Gasteiger partial charge in [-0.2, -0.15) is 0 Å². The molecule has 0 spiro atoms. The van der Waals surface area contributed by atoms with Crippen LogP contribution in [0.4, 0.5) is 0 Å². The first-order valence-electron chi connectivity index (χ1n) is 9.64. The highest BCUT2D eigenvalue weighted by molar-refractivity contribution is 7.89. The van der Waals surface area contributed by atoms with Gasteiger partial charge in [0.05, 0.1) is 10.9 Å². The van der Waals surface area contributed by atoms with Crippen molar-refractivity contribution in [3.63, 3.8) is 0 Å². The van der Waals surface area contributed by atoms with Gasteiger partial charge in [-0.25, -0.2) is 12.7 Å². The van der Waals surface area contributed by atoms with Crippen LogP contribution in [0.5, 0.6) is 0 Å². The van der Waals surface area contributed by atoms with E-state index in [9.17, 15) is 13.2 Å². The summed E-state index contributed by atoms with van der Waals surface area (Å²) in [6, 6.07) is 13.0. The third kappa shape index (κ3) is 5.44. The largest absolute Gasteiger partial charge is 0.350 e. The highest BCUT2D eigenvalue weighted by Gasteiger charge is 2.21. The normalized spacial score (nSPS) is 13.0. The molecular weight excluding hydrogens is 386 g/mol. The number of amides is 1. The van der Waals surface area contributed by atoms with Crippen molar-refractivity contribution in [1.82, 2.24) is 14.5 Å². The zero-order chi connectivity index (χ0) is 21.8. The van der Waals surface area contributed by atoms with E-state index in [2.05, 4.69) is 41.4 Å². The lowest BCUT2D eigenvalue weighted by atomic mass is 10.0. The Morgan fingerprint density at radius 1 is 1.03 bits per heavy atom. The number of aryl methyl sites for hydroxylation is 2. The first kappa shape index (κ1) is 23.1. The summed E-state index contributed by atoms with van der Waals surface area (Å²) in [6.45, 7) is 4.33. The molecule has 7 heteroatoms. The summed E-state index contributed by atoms with van der Waals surface area (Å²) in [4.78, 5) is 15.0. The van der Waals surface area contributed by atoms with Gasteiger partial charge >= 0.3 is 0 Å². The van der Waals surface area contributed by atoms with Crippen LogP contribution in [0.1, 0.15) is 40.0 Å². The lowest BCUT2D eigenvalue weighted by Gasteiger charge is -2.25. The zero-order valence-corrected chi connectivity index (χ0v) is 18.9. The molecule has 0 unspecified atom stereocenters. The molecule has 6 nitrogen and oxygen atoms in total. The van der Waals surface area contributed by atoms with Crippen molar-refractivity contribution in [2.24, 2.45) is 0 Å². The molecule has 0 aromatic heterocycles. The van der Waals surface area contributed by atoms with E-state index in [1.165, 1.54) is 31.8 Å². The van der Waals surface area contributed by atoms with E-state index in [0.29, 0.717) is 12.1 Å². The number of likely N-dealkylation sites (N-methyl/N-ethyl adjacent to an activating group) is 1. The molecule has 0 heterocycles. The molecule has 2 aromatic rings. The summed E-state index contributed by atoms with van der Waals surface area (Å²) in [5.74, 6) is -0.282. The lowest BCUT2D eigenvalue weighted by Crippen LogP contribution is -2.35. The summed E-state index contributed by atoms with van der Waals surface area (Å²) in [5, 5.41) is 2.97. The monoisotopic (exact) mass is 417 g/mol. The van der Waals surface area contributed by atoms with E-state index in [4.69, 9.17) is 0 Å². The Hall–Kier alpha value is -2.22. The average molecular weight is 418 g/mol. The van der Waals surface area contributed by atoms with Gasteiger partial charge in [0.1, 0.15) is 0 Å². The molecule has 0 aliphatic carbocycles. The molecule has 1 atom stereocenters. The maximum Gasteiger partial charge on any atom is 0.251 e. The molecule has 0 saturated heterocycles. The van der Waals surface area contributed by atoms with Gasteiger partial charge in [-0.3, -0.25) is 4.79 Å². The number of rotatable bonds is 8. The topological polar surface area (TPSA) is 69.7 Å². The van der Waals surface area contributed by atoms with Crippen molar-refractivity contribution in [1.29, 1.82) is 0 Å². The molecule has 29 heavy (non-hydrogen) atoms. The van der Waals surface area contributed by atoms with Crippen molar-refractivity contribution in [3.8, 4) is 0 Å². The summed E-state index contributed by atoms with van der Waals surface area (Å²) >= 11 is 0. The number of carbonyl (C=O) groups excluding carboxylic acids is 1. The van der Waals surface area contributed by atoms with Crippen molar-refractivity contribution >= 4 is 15.9 Å². The second-order valence-corrected chi connectivity index (χ2v) is 9.70. The van der Waals surface area contributed by atoms with Crippen molar-refractivity contribution < 1.29 is 13.2 Å². The van der Waals surface area contributed by atoms with Crippen LogP contribution >= 0.6 is 0 Å². The second kappa shape index (κ2) is 9.52. The minimum atomic E-state index is -3.60. The van der Waals surface area contributed by atoms with Gasteiger partial charge in [0.2, 0.25) is 10.0 Å². The van der Waals surface area contributed by atoms with Crippen molar-refractivity contribution in [3.05, 3.63) is 64.7 Å². The van der Waals surface area contributed by atoms with Crippen LogP contribution in [-0.2, 0) is 16.4 Å². The zero-order valence-electron chi connectivity index (χ0n) is 18.1. The van der Waals surface area contributed by atoms with Gasteiger partial charge in [0.25, 0.3) is 5.91 Å². The van der Waals surface area contributed by atoms with Crippen molar-refractivity contribution in [2.45, 2.75) is 31.2 Å². The van der Waals surface area contributed by atoms with Crippen LogP contribution in [0.15, 0.2) is 47.4 Å². The Labute approximate surface area is 174 Å². The average Bonchev–Trinajstić information content (AvgIpc) is 2.68. The molecule has 0 saturated carbocycles. The molecule has 1 amide bonds. The number of hydrogen-bond donors (Lipinski definition) is 1. The van der Waals surface area contributed by atoms with Gasteiger partial charge in [-0.15, -0.1) is 0 Å². The van der Waals surface area contributed by atoms with E-state index in [1.54, 1.807) is 13.0 Å². The summed E-state index contributed by atoms with van der Waals surface area (Å²) in [6.07, 6.45) is 0.981. The number of sulfonamides is 1. The Kier molecular flexibility index (Phi) is 7.57.